The lowest BCUT2D eigenvalue weighted by Gasteiger charge is -2.22. The van der Waals surface area contributed by atoms with Crippen molar-refractivity contribution >= 4 is 11.6 Å². The maximum Gasteiger partial charge on any atom is 0.353 e. The van der Waals surface area contributed by atoms with E-state index in [0.29, 0.717) is 17.2 Å². The van der Waals surface area contributed by atoms with Crippen LogP contribution in [-0.2, 0) is 0 Å². The Morgan fingerprint density at radius 1 is 0.966 bits per heavy atom. The molecular weight excluding hydrogens is 366 g/mol. The van der Waals surface area contributed by atoms with Crippen molar-refractivity contribution in [3.8, 4) is 17.1 Å². The minimum absolute atomic E-state index is 0.210. The van der Waals surface area contributed by atoms with E-state index in [4.69, 9.17) is 4.42 Å². The Balaban J connectivity index is 1.52. The van der Waals surface area contributed by atoms with Gasteiger partial charge >= 0.3 is 5.63 Å². The van der Waals surface area contributed by atoms with Gasteiger partial charge in [-0.25, -0.2) is 4.79 Å². The van der Waals surface area contributed by atoms with Crippen molar-refractivity contribution in [2.75, 3.05) is 5.32 Å². The SMILES string of the molecule is O=C(Nc1ccc(C2CCCCC2)cc1)c1c(O)cc(-c2ccccc2)oc1=O. The maximum absolute atomic E-state index is 12.6. The van der Waals surface area contributed by atoms with Crippen LogP contribution in [0.1, 0.15) is 53.9 Å². The van der Waals surface area contributed by atoms with Crippen LogP contribution in [0.2, 0.25) is 0 Å². The Bertz CT molecular complexity index is 1050. The standard InChI is InChI=1S/C24H23NO4/c26-20-15-21(18-9-5-2-6-10-18)29-24(28)22(20)23(27)25-19-13-11-17(12-14-19)16-7-3-1-4-8-16/h2,5-6,9-16,26H,1,3-4,7-8H2,(H,25,27). The van der Waals surface area contributed by atoms with Crippen LogP contribution in [-0.4, -0.2) is 11.0 Å². The first-order chi connectivity index (χ1) is 14.1. The summed E-state index contributed by atoms with van der Waals surface area (Å²) in [5, 5.41) is 12.9. The van der Waals surface area contributed by atoms with Crippen molar-refractivity contribution in [3.05, 3.63) is 82.2 Å². The topological polar surface area (TPSA) is 79.5 Å². The van der Waals surface area contributed by atoms with E-state index in [-0.39, 0.29) is 5.76 Å². The van der Waals surface area contributed by atoms with Gasteiger partial charge in [0.1, 0.15) is 11.5 Å². The second kappa shape index (κ2) is 8.35. The van der Waals surface area contributed by atoms with Crippen molar-refractivity contribution in [2.24, 2.45) is 0 Å². The number of nitrogens with one attached hydrogen (secondary N) is 1. The molecule has 1 aliphatic rings. The highest BCUT2D eigenvalue weighted by Crippen LogP contribution is 2.33. The summed E-state index contributed by atoms with van der Waals surface area (Å²) in [4.78, 5) is 24.9. The predicted octanol–water partition coefficient (Wildman–Crippen LogP) is 5.31. The van der Waals surface area contributed by atoms with Crippen LogP contribution in [0.4, 0.5) is 5.69 Å². The summed E-state index contributed by atoms with van der Waals surface area (Å²) in [7, 11) is 0. The van der Waals surface area contributed by atoms with Crippen LogP contribution in [0, 0.1) is 0 Å². The molecule has 4 rings (SSSR count). The molecule has 0 radical (unpaired) electrons. The number of hydrogen-bond donors (Lipinski definition) is 2. The molecule has 29 heavy (non-hydrogen) atoms. The van der Waals surface area contributed by atoms with E-state index in [1.807, 2.05) is 30.3 Å². The smallest absolute Gasteiger partial charge is 0.353 e. The Morgan fingerprint density at radius 3 is 2.31 bits per heavy atom. The number of rotatable bonds is 4. The van der Waals surface area contributed by atoms with Gasteiger partial charge in [-0.2, -0.15) is 0 Å². The fourth-order valence-corrected chi connectivity index (χ4v) is 3.90. The molecule has 1 aromatic heterocycles. The molecule has 2 N–H and O–H groups in total. The molecule has 0 aliphatic heterocycles. The van der Waals surface area contributed by atoms with E-state index in [2.05, 4.69) is 5.32 Å². The largest absolute Gasteiger partial charge is 0.507 e. The summed E-state index contributed by atoms with van der Waals surface area (Å²) in [6, 6.07) is 17.9. The van der Waals surface area contributed by atoms with Gasteiger partial charge in [0, 0.05) is 17.3 Å². The zero-order chi connectivity index (χ0) is 20.2. The summed E-state index contributed by atoms with van der Waals surface area (Å²) in [5.41, 5.74) is 1.21. The van der Waals surface area contributed by atoms with E-state index in [9.17, 15) is 14.7 Å². The summed E-state index contributed by atoms with van der Waals surface area (Å²) < 4.78 is 5.26. The van der Waals surface area contributed by atoms with E-state index in [1.165, 1.54) is 43.7 Å². The number of aromatic hydroxyl groups is 1. The van der Waals surface area contributed by atoms with E-state index in [0.717, 1.165) is 0 Å². The first kappa shape index (κ1) is 19.0. The molecule has 2 aromatic carbocycles. The van der Waals surface area contributed by atoms with Crippen LogP contribution in [0.15, 0.2) is 69.9 Å². The Hall–Kier alpha value is -3.34. The molecule has 1 saturated carbocycles. The van der Waals surface area contributed by atoms with Crippen LogP contribution in [0.3, 0.4) is 0 Å². The Morgan fingerprint density at radius 2 is 1.66 bits per heavy atom. The average molecular weight is 389 g/mol. The van der Waals surface area contributed by atoms with Crippen LogP contribution in [0.5, 0.6) is 5.75 Å². The number of hydrogen-bond acceptors (Lipinski definition) is 4. The van der Waals surface area contributed by atoms with Gasteiger partial charge in [-0.1, -0.05) is 61.7 Å². The number of anilines is 1. The molecule has 148 valence electrons. The zero-order valence-electron chi connectivity index (χ0n) is 16.1. The fraction of sp³-hybridized carbons (Fsp3) is 0.250. The van der Waals surface area contributed by atoms with Crippen molar-refractivity contribution in [2.45, 2.75) is 38.0 Å². The number of amides is 1. The van der Waals surface area contributed by atoms with Gasteiger partial charge in [-0.15, -0.1) is 0 Å². The van der Waals surface area contributed by atoms with Crippen LogP contribution >= 0.6 is 0 Å². The first-order valence-electron chi connectivity index (χ1n) is 9.95. The quantitative estimate of drug-likeness (QED) is 0.633. The molecule has 1 fully saturated rings. The van der Waals surface area contributed by atoms with Gasteiger partial charge in [0.2, 0.25) is 0 Å². The third-order valence-corrected chi connectivity index (χ3v) is 5.46. The van der Waals surface area contributed by atoms with Gasteiger partial charge in [0.15, 0.2) is 5.56 Å². The minimum atomic E-state index is -0.875. The molecule has 0 bridgehead atoms. The second-order valence-corrected chi connectivity index (χ2v) is 7.44. The first-order valence-corrected chi connectivity index (χ1v) is 9.95. The zero-order valence-corrected chi connectivity index (χ0v) is 16.1. The van der Waals surface area contributed by atoms with Crippen molar-refractivity contribution in [3.63, 3.8) is 0 Å². The summed E-state index contributed by atoms with van der Waals surface area (Å²) in [6.07, 6.45) is 6.23. The minimum Gasteiger partial charge on any atom is -0.507 e. The molecule has 5 nitrogen and oxygen atoms in total. The highest BCUT2D eigenvalue weighted by molar-refractivity contribution is 6.05. The van der Waals surface area contributed by atoms with E-state index in [1.54, 1.807) is 24.3 Å². The lowest BCUT2D eigenvalue weighted by Crippen LogP contribution is -2.21. The molecule has 0 saturated heterocycles. The lowest BCUT2D eigenvalue weighted by atomic mass is 9.84. The molecule has 0 unspecified atom stereocenters. The predicted molar refractivity (Wildman–Crippen MR) is 112 cm³/mol. The number of carbonyl (C=O) groups excluding carboxylic acids is 1. The summed E-state index contributed by atoms with van der Waals surface area (Å²) in [6.45, 7) is 0. The monoisotopic (exact) mass is 389 g/mol. The molecule has 1 amide bonds. The second-order valence-electron chi connectivity index (χ2n) is 7.44. The van der Waals surface area contributed by atoms with E-state index >= 15 is 0 Å². The van der Waals surface area contributed by atoms with Crippen LogP contribution in [0.25, 0.3) is 11.3 Å². The van der Waals surface area contributed by atoms with Crippen molar-refractivity contribution < 1.29 is 14.3 Å². The number of benzene rings is 2. The van der Waals surface area contributed by atoms with Crippen molar-refractivity contribution in [1.82, 2.24) is 0 Å². The van der Waals surface area contributed by atoms with Gasteiger partial charge in [-0.05, 0) is 36.5 Å². The normalized spacial score (nSPS) is 14.5. The molecular formula is C24H23NO4. The summed E-state index contributed by atoms with van der Waals surface area (Å²) in [5.74, 6) is -0.311. The third-order valence-electron chi connectivity index (χ3n) is 5.46. The number of carbonyl (C=O) groups is 1. The molecule has 0 spiro atoms. The average Bonchev–Trinajstić information content (AvgIpc) is 2.75. The molecule has 1 aliphatic carbocycles. The fourth-order valence-electron chi connectivity index (χ4n) is 3.90. The lowest BCUT2D eigenvalue weighted by molar-refractivity contribution is 0.102. The van der Waals surface area contributed by atoms with Gasteiger partial charge < -0.3 is 14.8 Å². The molecule has 0 atom stereocenters. The van der Waals surface area contributed by atoms with E-state index < -0.39 is 22.8 Å². The molecule has 5 heteroatoms. The molecule has 3 aromatic rings. The highest BCUT2D eigenvalue weighted by atomic mass is 16.4. The highest BCUT2D eigenvalue weighted by Gasteiger charge is 2.20. The summed E-state index contributed by atoms with van der Waals surface area (Å²) >= 11 is 0. The third kappa shape index (κ3) is 4.24. The Kier molecular flexibility index (Phi) is 5.47. The van der Waals surface area contributed by atoms with Gasteiger partial charge in [0.05, 0.1) is 0 Å². The molecule has 1 heterocycles. The van der Waals surface area contributed by atoms with Gasteiger partial charge in [-0.3, -0.25) is 4.79 Å². The maximum atomic E-state index is 12.6. The van der Waals surface area contributed by atoms with Crippen molar-refractivity contribution in [1.29, 1.82) is 0 Å². The van der Waals surface area contributed by atoms with Gasteiger partial charge in [0.25, 0.3) is 5.91 Å². The Labute approximate surface area is 169 Å². The van der Waals surface area contributed by atoms with Crippen LogP contribution < -0.4 is 10.9 Å².